The number of esters is 2. The van der Waals surface area contributed by atoms with E-state index in [4.69, 9.17) is 24.1 Å². The summed E-state index contributed by atoms with van der Waals surface area (Å²) >= 11 is 0. The van der Waals surface area contributed by atoms with Crippen LogP contribution in [0, 0.1) is 0 Å². The zero-order valence-corrected chi connectivity index (χ0v) is 29.9. The molecule has 5 N–H and O–H groups in total. The summed E-state index contributed by atoms with van der Waals surface area (Å²) in [7, 11) is 0. The van der Waals surface area contributed by atoms with Gasteiger partial charge in [-0.25, -0.2) is 28.8 Å². The molecule has 1 heterocycles. The van der Waals surface area contributed by atoms with E-state index in [-0.39, 0.29) is 50.7 Å². The Hall–Kier alpha value is -4.70. The summed E-state index contributed by atoms with van der Waals surface area (Å²) in [5.41, 5.74) is 0.281. The number of rotatable bonds is 25. The molecule has 17 heteroatoms. The maximum atomic E-state index is 12.8. The highest BCUT2D eigenvalue weighted by molar-refractivity contribution is 5.87. The Morgan fingerprint density at radius 1 is 0.608 bits per heavy atom. The molecule has 1 saturated heterocycles. The van der Waals surface area contributed by atoms with Crippen molar-refractivity contribution in [1.82, 2.24) is 26.2 Å². The SMILES string of the molecule is C=C(C)C(=O)OCCOC(=O)NCCCCCCNC(=O)N1CCCCC1CCOC(=O)NCCCCCCNC(=O)OCCOC(=O)C(=C)O. The molecule has 1 rings (SSSR count). The first kappa shape index (κ1) is 44.3. The summed E-state index contributed by atoms with van der Waals surface area (Å²) in [5, 5.41) is 19.8. The van der Waals surface area contributed by atoms with Crippen LogP contribution in [-0.4, -0.2) is 118 Å². The molecule has 1 fully saturated rings. The van der Waals surface area contributed by atoms with Gasteiger partial charge in [0, 0.05) is 50.8 Å². The zero-order chi connectivity index (χ0) is 37.7. The molecule has 0 radical (unpaired) electrons. The number of carbonyl (C=O) groups excluding carboxylic acids is 6. The highest BCUT2D eigenvalue weighted by Crippen LogP contribution is 2.20. The highest BCUT2D eigenvalue weighted by Gasteiger charge is 2.26. The van der Waals surface area contributed by atoms with Crippen molar-refractivity contribution in [2.75, 3.05) is 65.8 Å². The predicted octanol–water partition coefficient (Wildman–Crippen LogP) is 3.97. The number of ether oxygens (including phenoxy) is 5. The number of hydrogen-bond acceptors (Lipinski definition) is 12. The van der Waals surface area contributed by atoms with Gasteiger partial charge >= 0.3 is 36.2 Å². The number of nitrogens with one attached hydrogen (secondary N) is 4. The molecule has 1 unspecified atom stereocenters. The summed E-state index contributed by atoms with van der Waals surface area (Å²) < 4.78 is 24.6. The Morgan fingerprint density at radius 2 is 1.04 bits per heavy atom. The van der Waals surface area contributed by atoms with Crippen LogP contribution < -0.4 is 21.3 Å². The van der Waals surface area contributed by atoms with Gasteiger partial charge in [-0.1, -0.05) is 32.3 Å². The van der Waals surface area contributed by atoms with E-state index < -0.39 is 36.0 Å². The summed E-state index contributed by atoms with van der Waals surface area (Å²) in [6.45, 7) is 10.4. The Morgan fingerprint density at radius 3 is 1.51 bits per heavy atom. The molecule has 1 aliphatic rings. The van der Waals surface area contributed by atoms with Gasteiger partial charge in [0.15, 0.2) is 5.76 Å². The number of likely N-dealkylation sites (tertiary alicyclic amines) is 1. The predicted molar refractivity (Wildman–Crippen MR) is 186 cm³/mol. The van der Waals surface area contributed by atoms with Crippen molar-refractivity contribution < 1.29 is 57.6 Å². The first-order valence-corrected chi connectivity index (χ1v) is 17.6. The Bertz CT molecular complexity index is 1120. The van der Waals surface area contributed by atoms with E-state index in [1.54, 1.807) is 0 Å². The van der Waals surface area contributed by atoms with Crippen LogP contribution >= 0.6 is 0 Å². The number of unbranched alkanes of at least 4 members (excludes halogenated alkanes) is 6. The van der Waals surface area contributed by atoms with Crippen LogP contribution in [0.5, 0.6) is 0 Å². The smallest absolute Gasteiger partial charge is 0.407 e. The molecule has 1 aliphatic heterocycles. The molecule has 17 nitrogen and oxygen atoms in total. The Balaban J connectivity index is 2.04. The molecule has 51 heavy (non-hydrogen) atoms. The van der Waals surface area contributed by atoms with E-state index in [1.165, 1.54) is 6.92 Å². The molecular formula is C34H57N5O12. The Kier molecular flexibility index (Phi) is 24.4. The number of hydrogen-bond donors (Lipinski definition) is 5. The molecule has 5 amide bonds. The normalized spacial score (nSPS) is 13.6. The van der Waals surface area contributed by atoms with Crippen LogP contribution in [-0.2, 0) is 33.3 Å². The molecule has 0 aliphatic carbocycles. The minimum atomic E-state index is -0.971. The molecular weight excluding hydrogens is 670 g/mol. The maximum absolute atomic E-state index is 12.8. The van der Waals surface area contributed by atoms with Gasteiger partial charge in [-0.3, -0.25) is 0 Å². The van der Waals surface area contributed by atoms with E-state index in [2.05, 4.69) is 39.2 Å². The standard InChI is InChI=1S/C34H57N5O12/c1-26(2)29(41)47-22-24-50-33(45)37-18-10-5-4-9-16-35-31(43)39-20-13-8-14-28(39)15-21-49-32(44)36-17-11-6-7-12-19-38-34(46)51-25-23-48-30(42)27(3)40/h28,40H,1,3-25H2,2H3,(H,35,43)(H,36,44)(H,37,45)(H,38,46). The van der Waals surface area contributed by atoms with Gasteiger partial charge < -0.3 is 55.0 Å². The van der Waals surface area contributed by atoms with Gasteiger partial charge in [0.1, 0.15) is 26.4 Å². The van der Waals surface area contributed by atoms with E-state index in [0.29, 0.717) is 39.1 Å². The fourth-order valence-electron chi connectivity index (χ4n) is 4.83. The van der Waals surface area contributed by atoms with Crippen molar-refractivity contribution in [2.24, 2.45) is 0 Å². The third kappa shape index (κ3) is 23.4. The van der Waals surface area contributed by atoms with Gasteiger partial charge in [-0.2, -0.15) is 0 Å². The average molecular weight is 728 g/mol. The molecule has 0 aromatic heterocycles. The quantitative estimate of drug-likeness (QED) is 0.0297. The monoisotopic (exact) mass is 727 g/mol. The first-order chi connectivity index (χ1) is 24.5. The third-order valence-electron chi connectivity index (χ3n) is 7.55. The van der Waals surface area contributed by atoms with Crippen LogP contribution in [0.2, 0.25) is 0 Å². The average Bonchev–Trinajstić information content (AvgIpc) is 3.10. The molecule has 0 aromatic rings. The summed E-state index contributed by atoms with van der Waals surface area (Å²) in [4.78, 5) is 72.3. The number of alkyl carbamates (subject to hydrolysis) is 3. The van der Waals surface area contributed by atoms with E-state index >= 15 is 0 Å². The van der Waals surface area contributed by atoms with Gasteiger partial charge in [0.2, 0.25) is 0 Å². The van der Waals surface area contributed by atoms with Crippen molar-refractivity contribution >= 4 is 36.2 Å². The van der Waals surface area contributed by atoms with Crippen LogP contribution in [0.1, 0.15) is 84.0 Å². The zero-order valence-electron chi connectivity index (χ0n) is 29.9. The minimum absolute atomic E-state index is 0.00527. The topological polar surface area (TPSA) is 220 Å². The van der Waals surface area contributed by atoms with E-state index in [1.807, 2.05) is 4.90 Å². The summed E-state index contributed by atoms with van der Waals surface area (Å²) in [5.74, 6) is -2.22. The summed E-state index contributed by atoms with van der Waals surface area (Å²) in [6, 6.07) is -0.103. The second-order valence-electron chi connectivity index (χ2n) is 11.9. The van der Waals surface area contributed by atoms with Crippen molar-refractivity contribution in [3.63, 3.8) is 0 Å². The van der Waals surface area contributed by atoms with Crippen LogP contribution in [0.3, 0.4) is 0 Å². The maximum Gasteiger partial charge on any atom is 0.407 e. The second-order valence-corrected chi connectivity index (χ2v) is 11.9. The lowest BCUT2D eigenvalue weighted by atomic mass is 10.00. The van der Waals surface area contributed by atoms with Crippen LogP contribution in [0.25, 0.3) is 0 Å². The molecule has 0 aromatic carbocycles. The number of aliphatic hydroxyl groups is 1. The number of nitrogens with zero attached hydrogens (tertiary/aromatic N) is 1. The molecule has 1 atom stereocenters. The van der Waals surface area contributed by atoms with E-state index in [0.717, 1.165) is 70.6 Å². The van der Waals surface area contributed by atoms with Crippen molar-refractivity contribution in [3.05, 3.63) is 24.5 Å². The van der Waals surface area contributed by atoms with E-state index in [9.17, 15) is 28.8 Å². The number of urea groups is 1. The minimum Gasteiger partial charge on any atom is -0.502 e. The van der Waals surface area contributed by atoms with Gasteiger partial charge in [-0.05, 0) is 58.4 Å². The fourth-order valence-corrected chi connectivity index (χ4v) is 4.83. The number of amides is 5. The largest absolute Gasteiger partial charge is 0.502 e. The number of carbonyl (C=O) groups is 6. The number of piperidine rings is 1. The molecule has 290 valence electrons. The highest BCUT2D eigenvalue weighted by atomic mass is 16.6. The second kappa shape index (κ2) is 28.0. The van der Waals surface area contributed by atoms with Crippen molar-refractivity contribution in [3.8, 4) is 0 Å². The lowest BCUT2D eigenvalue weighted by Crippen LogP contribution is -2.49. The molecule has 0 spiro atoms. The first-order valence-electron chi connectivity index (χ1n) is 17.6. The van der Waals surface area contributed by atoms with Gasteiger partial charge in [0.25, 0.3) is 0 Å². The molecule has 0 saturated carbocycles. The lowest BCUT2D eigenvalue weighted by molar-refractivity contribution is -0.143. The summed E-state index contributed by atoms with van der Waals surface area (Å²) in [6.07, 6.45) is 8.18. The molecule has 0 bridgehead atoms. The lowest BCUT2D eigenvalue weighted by Gasteiger charge is -2.35. The fraction of sp³-hybridized carbons (Fsp3) is 0.706. The van der Waals surface area contributed by atoms with Gasteiger partial charge in [0.05, 0.1) is 6.61 Å². The Labute approximate surface area is 300 Å². The number of aliphatic hydroxyl groups excluding tert-OH is 1. The third-order valence-corrected chi connectivity index (χ3v) is 7.55. The van der Waals surface area contributed by atoms with Crippen molar-refractivity contribution in [2.45, 2.75) is 90.0 Å². The van der Waals surface area contributed by atoms with Crippen LogP contribution in [0.15, 0.2) is 24.5 Å². The van der Waals surface area contributed by atoms with Gasteiger partial charge in [-0.15, -0.1) is 0 Å². The van der Waals surface area contributed by atoms with Crippen molar-refractivity contribution in [1.29, 1.82) is 0 Å². The van der Waals surface area contributed by atoms with Crippen LogP contribution in [0.4, 0.5) is 19.2 Å².